The van der Waals surface area contributed by atoms with Crippen molar-refractivity contribution in [3.63, 3.8) is 0 Å². The van der Waals surface area contributed by atoms with Crippen LogP contribution in [0.15, 0.2) is 67.3 Å². The van der Waals surface area contributed by atoms with E-state index in [-0.39, 0.29) is 5.78 Å². The Morgan fingerprint density at radius 2 is 1.75 bits per heavy atom. The Labute approximate surface area is 163 Å². The summed E-state index contributed by atoms with van der Waals surface area (Å²) < 4.78 is 18.0. The van der Waals surface area contributed by atoms with Gasteiger partial charge in [0.1, 0.15) is 36.8 Å². The molecule has 2 aromatic carbocycles. The van der Waals surface area contributed by atoms with Crippen LogP contribution in [-0.4, -0.2) is 47.5 Å². The predicted octanol–water partition coefficient (Wildman–Crippen LogP) is 3.20. The van der Waals surface area contributed by atoms with Crippen molar-refractivity contribution in [3.05, 3.63) is 72.8 Å². The molecule has 3 rings (SSSR count). The van der Waals surface area contributed by atoms with Gasteiger partial charge < -0.3 is 14.2 Å². The first kappa shape index (κ1) is 19.6. The fourth-order valence-electron chi connectivity index (χ4n) is 2.74. The number of benzene rings is 2. The average molecular weight is 381 g/mol. The molecule has 28 heavy (non-hydrogen) atoms. The molecule has 1 atom stereocenters. The van der Waals surface area contributed by atoms with Gasteiger partial charge in [0, 0.05) is 18.6 Å². The molecule has 0 aliphatic heterocycles. The third-order valence-electron chi connectivity index (χ3n) is 4.21. The Balaban J connectivity index is 1.45. The molecule has 1 aromatic heterocycles. The lowest BCUT2D eigenvalue weighted by Crippen LogP contribution is -2.22. The summed E-state index contributed by atoms with van der Waals surface area (Å²) in [5, 5.41) is 4.13. The van der Waals surface area contributed by atoms with Gasteiger partial charge in [-0.3, -0.25) is 4.79 Å². The van der Waals surface area contributed by atoms with Gasteiger partial charge in [0.05, 0.1) is 13.7 Å². The highest BCUT2D eigenvalue weighted by Gasteiger charge is 2.22. The largest absolute Gasteiger partial charge is 0.497 e. The maximum Gasteiger partial charge on any atom is 0.187 e. The minimum atomic E-state index is -0.451. The molecule has 0 N–H and O–H groups in total. The number of aromatic nitrogens is 3. The zero-order valence-corrected chi connectivity index (χ0v) is 15.7. The van der Waals surface area contributed by atoms with Crippen LogP contribution in [0.3, 0.4) is 0 Å². The van der Waals surface area contributed by atoms with Crippen LogP contribution >= 0.6 is 0 Å². The predicted molar refractivity (Wildman–Crippen MR) is 104 cm³/mol. The number of ketones is 1. The third-order valence-corrected chi connectivity index (χ3v) is 4.21. The molecule has 0 spiro atoms. The molecule has 1 unspecified atom stereocenters. The summed E-state index contributed by atoms with van der Waals surface area (Å²) in [6, 6.07) is 16.1. The van der Waals surface area contributed by atoms with Crippen molar-refractivity contribution >= 4 is 5.78 Å². The molecular weight excluding hydrogens is 358 g/mol. The number of hydrogen-bond acceptors (Lipinski definition) is 6. The maximum atomic E-state index is 12.8. The molecular formula is C21H23N3O4. The molecule has 146 valence electrons. The number of methoxy groups -OCH3 is 1. The van der Waals surface area contributed by atoms with Crippen molar-refractivity contribution in [2.24, 2.45) is 0 Å². The highest BCUT2D eigenvalue weighted by Crippen LogP contribution is 2.18. The van der Waals surface area contributed by atoms with Gasteiger partial charge in [-0.25, -0.2) is 9.67 Å². The van der Waals surface area contributed by atoms with E-state index >= 15 is 0 Å². The van der Waals surface area contributed by atoms with Crippen LogP contribution in [0.25, 0.3) is 0 Å². The first-order valence-corrected chi connectivity index (χ1v) is 9.06. The van der Waals surface area contributed by atoms with E-state index in [1.165, 1.54) is 6.33 Å². The van der Waals surface area contributed by atoms with Crippen LogP contribution in [0, 0.1) is 0 Å². The molecule has 7 nitrogen and oxygen atoms in total. The third kappa shape index (κ3) is 5.40. The monoisotopic (exact) mass is 381 g/mol. The summed E-state index contributed by atoms with van der Waals surface area (Å²) in [4.78, 5) is 16.8. The van der Waals surface area contributed by atoms with Crippen LogP contribution in [0.1, 0.15) is 22.8 Å². The highest BCUT2D eigenvalue weighted by molar-refractivity contribution is 5.98. The van der Waals surface area contributed by atoms with Crippen LogP contribution in [-0.2, 0) is 4.74 Å². The molecule has 0 aliphatic rings. The van der Waals surface area contributed by atoms with Gasteiger partial charge in [0.25, 0.3) is 0 Å². The van der Waals surface area contributed by atoms with Gasteiger partial charge in [-0.1, -0.05) is 30.3 Å². The van der Waals surface area contributed by atoms with Crippen molar-refractivity contribution in [1.82, 2.24) is 14.8 Å². The second kappa shape index (κ2) is 10.2. The minimum absolute atomic E-state index is 0.0100. The molecule has 0 aliphatic carbocycles. The number of nitrogens with zero attached hydrogens (tertiary/aromatic N) is 3. The van der Waals surface area contributed by atoms with Crippen molar-refractivity contribution < 1.29 is 19.0 Å². The van der Waals surface area contributed by atoms with Gasteiger partial charge in [0.15, 0.2) is 5.78 Å². The first-order chi connectivity index (χ1) is 13.8. The average Bonchev–Trinajstić information content (AvgIpc) is 3.28. The second-order valence-electron chi connectivity index (χ2n) is 6.05. The van der Waals surface area contributed by atoms with Gasteiger partial charge >= 0.3 is 0 Å². The summed E-state index contributed by atoms with van der Waals surface area (Å²) in [6.45, 7) is 1.26. The van der Waals surface area contributed by atoms with Gasteiger partial charge in [0.2, 0.25) is 0 Å². The minimum Gasteiger partial charge on any atom is -0.497 e. The van der Waals surface area contributed by atoms with Crippen LogP contribution in [0.2, 0.25) is 0 Å². The van der Waals surface area contributed by atoms with E-state index in [4.69, 9.17) is 14.2 Å². The quantitative estimate of drug-likeness (QED) is 0.375. The van der Waals surface area contributed by atoms with E-state index in [1.54, 1.807) is 30.3 Å². The van der Waals surface area contributed by atoms with E-state index < -0.39 is 6.04 Å². The summed E-state index contributed by atoms with van der Waals surface area (Å²) in [7, 11) is 1.62. The topological polar surface area (TPSA) is 75.5 Å². The Hall–Kier alpha value is -3.19. The van der Waals surface area contributed by atoms with Gasteiger partial charge in [-0.15, -0.1) is 0 Å². The molecule has 0 amide bonds. The zero-order chi connectivity index (χ0) is 19.6. The second-order valence-corrected chi connectivity index (χ2v) is 6.05. The maximum absolute atomic E-state index is 12.8. The number of carbonyl (C=O) groups excluding carboxylic acids is 1. The SMILES string of the molecule is COc1ccc(OCCOCCC(C(=O)c2ccccc2)n2cncn2)cc1. The number of rotatable bonds is 11. The van der Waals surface area contributed by atoms with Crippen molar-refractivity contribution in [1.29, 1.82) is 0 Å². The van der Waals surface area contributed by atoms with Gasteiger partial charge in [-0.2, -0.15) is 5.10 Å². The van der Waals surface area contributed by atoms with Crippen LogP contribution in [0.5, 0.6) is 11.5 Å². The highest BCUT2D eigenvalue weighted by atomic mass is 16.5. The number of carbonyl (C=O) groups is 1. The van der Waals surface area contributed by atoms with E-state index in [9.17, 15) is 4.79 Å². The summed E-state index contributed by atoms with van der Waals surface area (Å²) in [6.07, 6.45) is 3.48. The molecule has 0 bridgehead atoms. The lowest BCUT2D eigenvalue weighted by molar-refractivity contribution is 0.0762. The van der Waals surface area contributed by atoms with Crippen LogP contribution in [0.4, 0.5) is 0 Å². The van der Waals surface area contributed by atoms with Crippen molar-refractivity contribution in [2.45, 2.75) is 12.5 Å². The van der Waals surface area contributed by atoms with E-state index in [1.807, 2.05) is 42.5 Å². The Bertz CT molecular complexity index is 836. The molecule has 7 heteroatoms. The molecule has 0 fully saturated rings. The standard InChI is InChI=1S/C21H23N3O4/c1-26-18-7-9-19(10-8-18)28-14-13-27-12-11-20(24-16-22-15-23-24)21(25)17-5-3-2-4-6-17/h2-10,15-16,20H,11-14H2,1H3. The summed E-state index contributed by atoms with van der Waals surface area (Å²) in [5.41, 5.74) is 0.644. The number of hydrogen-bond donors (Lipinski definition) is 0. The number of Topliss-reactive ketones (excluding diaryl/α,β-unsaturated/α-hetero) is 1. The first-order valence-electron chi connectivity index (χ1n) is 9.06. The lowest BCUT2D eigenvalue weighted by Gasteiger charge is -2.16. The van der Waals surface area contributed by atoms with Crippen molar-refractivity contribution in [3.8, 4) is 11.5 Å². The van der Waals surface area contributed by atoms with Crippen molar-refractivity contribution in [2.75, 3.05) is 26.9 Å². The molecule has 0 radical (unpaired) electrons. The van der Waals surface area contributed by atoms with E-state index in [0.717, 1.165) is 11.5 Å². The fourth-order valence-corrected chi connectivity index (χ4v) is 2.74. The Morgan fingerprint density at radius 1 is 1.00 bits per heavy atom. The zero-order valence-electron chi connectivity index (χ0n) is 15.7. The van der Waals surface area contributed by atoms with E-state index in [2.05, 4.69) is 10.1 Å². The fraction of sp³-hybridized carbons (Fsp3) is 0.286. The number of ether oxygens (including phenoxy) is 3. The van der Waals surface area contributed by atoms with E-state index in [0.29, 0.717) is 31.8 Å². The van der Waals surface area contributed by atoms with Crippen LogP contribution < -0.4 is 9.47 Å². The molecule has 0 saturated carbocycles. The normalized spacial score (nSPS) is 11.8. The summed E-state index contributed by atoms with van der Waals surface area (Å²) in [5.74, 6) is 1.53. The Kier molecular flexibility index (Phi) is 7.14. The van der Waals surface area contributed by atoms with Gasteiger partial charge in [-0.05, 0) is 24.3 Å². The molecule has 1 heterocycles. The molecule has 0 saturated heterocycles. The molecule has 3 aromatic rings. The Morgan fingerprint density at radius 3 is 2.43 bits per heavy atom. The summed E-state index contributed by atoms with van der Waals surface area (Å²) >= 11 is 0. The lowest BCUT2D eigenvalue weighted by atomic mass is 10.0. The smallest absolute Gasteiger partial charge is 0.187 e.